The molecule has 2 heterocycles. The molecule has 3 rings (SSSR count). The molecule has 1 aromatic heterocycles. The molecule has 0 radical (unpaired) electrons. The zero-order valence-electron chi connectivity index (χ0n) is 14.4. The van der Waals surface area contributed by atoms with Crippen LogP contribution in [-0.2, 0) is 9.84 Å². The number of methoxy groups -OCH3 is 1. The zero-order valence-corrected chi connectivity index (χ0v) is 15.3. The van der Waals surface area contributed by atoms with Gasteiger partial charge in [-0.25, -0.2) is 8.42 Å². The summed E-state index contributed by atoms with van der Waals surface area (Å²) >= 11 is 0. The van der Waals surface area contributed by atoms with E-state index in [4.69, 9.17) is 4.74 Å². The highest BCUT2D eigenvalue weighted by Crippen LogP contribution is 2.29. The van der Waals surface area contributed by atoms with E-state index in [0.29, 0.717) is 29.1 Å². The van der Waals surface area contributed by atoms with Gasteiger partial charge in [-0.2, -0.15) is 5.10 Å². The van der Waals surface area contributed by atoms with Crippen molar-refractivity contribution in [2.45, 2.75) is 26.3 Å². The first-order valence-electron chi connectivity index (χ1n) is 8.02. The first kappa shape index (κ1) is 17.5. The van der Waals surface area contributed by atoms with Gasteiger partial charge in [-0.05, 0) is 38.5 Å². The molecule has 1 fully saturated rings. The molecular weight excluding hydrogens is 342 g/mol. The maximum absolute atomic E-state index is 12.5. The molecule has 1 atom stereocenters. The summed E-state index contributed by atoms with van der Waals surface area (Å²) in [5.74, 6) is 0.622. The van der Waals surface area contributed by atoms with E-state index < -0.39 is 9.84 Å². The number of benzene rings is 1. The van der Waals surface area contributed by atoms with Crippen molar-refractivity contribution in [2.75, 3.05) is 23.9 Å². The van der Waals surface area contributed by atoms with Crippen LogP contribution in [0.25, 0.3) is 0 Å². The number of aromatic nitrogens is 2. The molecular formula is C17H21N3O4S. The Labute approximate surface area is 146 Å². The minimum atomic E-state index is -3.00. The average Bonchev–Trinajstić information content (AvgIpc) is 3.08. The van der Waals surface area contributed by atoms with Crippen LogP contribution < -0.4 is 10.1 Å². The van der Waals surface area contributed by atoms with Crippen molar-refractivity contribution in [1.29, 1.82) is 0 Å². The molecule has 0 saturated carbocycles. The van der Waals surface area contributed by atoms with E-state index >= 15 is 0 Å². The van der Waals surface area contributed by atoms with E-state index in [-0.39, 0.29) is 23.5 Å². The molecule has 1 N–H and O–H groups in total. The van der Waals surface area contributed by atoms with Crippen LogP contribution in [0.2, 0.25) is 0 Å². The van der Waals surface area contributed by atoms with Crippen LogP contribution in [0.15, 0.2) is 24.3 Å². The van der Waals surface area contributed by atoms with Crippen molar-refractivity contribution >= 4 is 21.4 Å². The SMILES string of the molecule is COc1cccc(C(=O)Nc2c(C)nn(C3CCS(=O)(=O)C3)c2C)c1. The van der Waals surface area contributed by atoms with E-state index in [9.17, 15) is 13.2 Å². The summed E-state index contributed by atoms with van der Waals surface area (Å²) in [5, 5.41) is 7.33. The molecule has 1 saturated heterocycles. The molecule has 7 nitrogen and oxygen atoms in total. The molecule has 25 heavy (non-hydrogen) atoms. The fourth-order valence-electron chi connectivity index (χ4n) is 3.12. The monoisotopic (exact) mass is 363 g/mol. The second-order valence-corrected chi connectivity index (χ2v) is 8.46. The van der Waals surface area contributed by atoms with Gasteiger partial charge in [-0.3, -0.25) is 9.48 Å². The molecule has 2 aromatic rings. The fourth-order valence-corrected chi connectivity index (χ4v) is 4.81. The third-order valence-electron chi connectivity index (χ3n) is 4.45. The van der Waals surface area contributed by atoms with Gasteiger partial charge in [0.2, 0.25) is 0 Å². The molecule has 8 heteroatoms. The predicted molar refractivity (Wildman–Crippen MR) is 95.0 cm³/mol. The summed E-state index contributed by atoms with van der Waals surface area (Å²) in [4.78, 5) is 12.5. The number of amides is 1. The van der Waals surface area contributed by atoms with Crippen molar-refractivity contribution < 1.29 is 17.9 Å². The second-order valence-electron chi connectivity index (χ2n) is 6.23. The first-order valence-corrected chi connectivity index (χ1v) is 9.84. The summed E-state index contributed by atoms with van der Waals surface area (Å²) in [7, 11) is -1.45. The van der Waals surface area contributed by atoms with Gasteiger partial charge in [-0.15, -0.1) is 0 Å². The molecule has 1 amide bonds. The van der Waals surface area contributed by atoms with Crippen molar-refractivity contribution in [1.82, 2.24) is 9.78 Å². The molecule has 0 aliphatic carbocycles. The summed E-state index contributed by atoms with van der Waals surface area (Å²) in [5.41, 5.74) is 2.53. The lowest BCUT2D eigenvalue weighted by atomic mass is 10.2. The lowest BCUT2D eigenvalue weighted by Gasteiger charge is -2.12. The maximum Gasteiger partial charge on any atom is 0.255 e. The van der Waals surface area contributed by atoms with Crippen LogP contribution in [0.5, 0.6) is 5.75 Å². The lowest BCUT2D eigenvalue weighted by molar-refractivity contribution is 0.102. The highest BCUT2D eigenvalue weighted by atomic mass is 32.2. The van der Waals surface area contributed by atoms with Crippen LogP contribution >= 0.6 is 0 Å². The van der Waals surface area contributed by atoms with Gasteiger partial charge in [0.1, 0.15) is 5.75 Å². The van der Waals surface area contributed by atoms with Gasteiger partial charge >= 0.3 is 0 Å². The Kier molecular flexibility index (Phi) is 4.55. The number of anilines is 1. The minimum absolute atomic E-state index is 0.0955. The predicted octanol–water partition coefficient (Wildman–Crippen LogP) is 2.12. The minimum Gasteiger partial charge on any atom is -0.497 e. The van der Waals surface area contributed by atoms with E-state index in [0.717, 1.165) is 5.69 Å². The van der Waals surface area contributed by atoms with Gasteiger partial charge in [0.25, 0.3) is 5.91 Å². The van der Waals surface area contributed by atoms with E-state index in [1.807, 2.05) is 6.92 Å². The number of nitrogens with one attached hydrogen (secondary N) is 1. The van der Waals surface area contributed by atoms with Gasteiger partial charge in [-0.1, -0.05) is 6.07 Å². The third kappa shape index (κ3) is 3.53. The van der Waals surface area contributed by atoms with E-state index in [2.05, 4.69) is 10.4 Å². The Bertz CT molecular complexity index is 918. The normalized spacial score (nSPS) is 18.9. The van der Waals surface area contributed by atoms with Crippen LogP contribution in [-0.4, -0.2) is 42.7 Å². The molecule has 0 bridgehead atoms. The second kappa shape index (κ2) is 6.51. The van der Waals surface area contributed by atoms with Crippen LogP contribution in [0.3, 0.4) is 0 Å². The van der Waals surface area contributed by atoms with Crippen LogP contribution in [0.1, 0.15) is 34.2 Å². The van der Waals surface area contributed by atoms with Crippen molar-refractivity contribution in [2.24, 2.45) is 0 Å². The third-order valence-corrected chi connectivity index (χ3v) is 6.20. The molecule has 1 unspecified atom stereocenters. The molecule has 1 aromatic carbocycles. The molecule has 0 spiro atoms. The summed E-state index contributed by atoms with van der Waals surface area (Å²) < 4.78 is 30.3. The number of rotatable bonds is 4. The van der Waals surface area contributed by atoms with Gasteiger partial charge < -0.3 is 10.1 Å². The number of ether oxygens (including phenoxy) is 1. The Morgan fingerprint density at radius 1 is 1.36 bits per heavy atom. The van der Waals surface area contributed by atoms with Gasteiger partial charge in [0, 0.05) is 5.56 Å². The standard InChI is InChI=1S/C17H21N3O4S/c1-11-16(18-17(21)13-5-4-6-15(9-13)24-3)12(2)20(19-11)14-7-8-25(22,23)10-14/h4-6,9,14H,7-8,10H2,1-3H3,(H,18,21). The number of carbonyl (C=O) groups excluding carboxylic acids is 1. The highest BCUT2D eigenvalue weighted by molar-refractivity contribution is 7.91. The molecule has 1 aliphatic heterocycles. The largest absolute Gasteiger partial charge is 0.497 e. The van der Waals surface area contributed by atoms with Crippen molar-refractivity contribution in [3.8, 4) is 5.75 Å². The molecule has 1 aliphatic rings. The fraction of sp³-hybridized carbons (Fsp3) is 0.412. The van der Waals surface area contributed by atoms with E-state index in [1.54, 1.807) is 43.0 Å². The van der Waals surface area contributed by atoms with E-state index in [1.165, 1.54) is 0 Å². The lowest BCUT2D eigenvalue weighted by Crippen LogP contribution is -2.15. The van der Waals surface area contributed by atoms with Gasteiger partial charge in [0.05, 0.1) is 41.7 Å². The topological polar surface area (TPSA) is 90.3 Å². The first-order chi connectivity index (χ1) is 11.8. The summed E-state index contributed by atoms with van der Waals surface area (Å²) in [6.07, 6.45) is 0.549. The Balaban J connectivity index is 1.84. The quantitative estimate of drug-likeness (QED) is 0.899. The number of carbonyl (C=O) groups is 1. The Morgan fingerprint density at radius 2 is 2.12 bits per heavy atom. The zero-order chi connectivity index (χ0) is 18.2. The van der Waals surface area contributed by atoms with Crippen molar-refractivity contribution in [3.05, 3.63) is 41.2 Å². The maximum atomic E-state index is 12.5. The van der Waals surface area contributed by atoms with Crippen LogP contribution in [0, 0.1) is 13.8 Å². The number of aryl methyl sites for hydroxylation is 1. The number of hydrogen-bond donors (Lipinski definition) is 1. The Hall–Kier alpha value is -2.35. The summed E-state index contributed by atoms with van der Waals surface area (Å²) in [6.45, 7) is 3.64. The number of hydrogen-bond acceptors (Lipinski definition) is 5. The average molecular weight is 363 g/mol. The Morgan fingerprint density at radius 3 is 2.76 bits per heavy atom. The number of sulfone groups is 1. The van der Waals surface area contributed by atoms with Gasteiger partial charge in [0.15, 0.2) is 9.84 Å². The highest BCUT2D eigenvalue weighted by Gasteiger charge is 2.31. The smallest absolute Gasteiger partial charge is 0.255 e. The van der Waals surface area contributed by atoms with Crippen molar-refractivity contribution in [3.63, 3.8) is 0 Å². The summed E-state index contributed by atoms with van der Waals surface area (Å²) in [6, 6.07) is 6.71. The molecule has 134 valence electrons. The van der Waals surface area contributed by atoms with Crippen LogP contribution in [0.4, 0.5) is 5.69 Å². The number of nitrogens with zero attached hydrogens (tertiary/aromatic N) is 2.